The number of carbonyl (C=O) groups excluding carboxylic acids is 3. The van der Waals surface area contributed by atoms with Crippen molar-refractivity contribution >= 4 is 66.8 Å². The highest BCUT2D eigenvalue weighted by atomic mass is 79.9. The summed E-state index contributed by atoms with van der Waals surface area (Å²) in [6.45, 7) is 21.7. The molecule has 24 atom stereocenters. The van der Waals surface area contributed by atoms with Gasteiger partial charge in [0, 0.05) is 54.9 Å². The van der Waals surface area contributed by atoms with Crippen molar-refractivity contribution in [3.63, 3.8) is 0 Å². The van der Waals surface area contributed by atoms with Gasteiger partial charge in [0.1, 0.15) is 28.9 Å². The minimum Gasteiger partial charge on any atom is -0.390 e. The van der Waals surface area contributed by atoms with Gasteiger partial charge in [0.05, 0.1) is 47.3 Å². The smallest absolute Gasteiger partial charge is 0.199 e. The van der Waals surface area contributed by atoms with Crippen molar-refractivity contribution in [1.82, 2.24) is 59.7 Å². The van der Waals surface area contributed by atoms with Crippen molar-refractivity contribution in [3.05, 3.63) is 55.8 Å². The van der Waals surface area contributed by atoms with E-state index in [1.54, 1.807) is 58.9 Å². The molecule has 0 aromatic carbocycles. The first-order valence-electron chi connectivity index (χ1n) is 39.3. The van der Waals surface area contributed by atoms with Crippen LogP contribution in [0.5, 0.6) is 0 Å². The molecule has 566 valence electrons. The van der Waals surface area contributed by atoms with Crippen LogP contribution in [-0.2, 0) is 27.5 Å². The molecule has 0 saturated heterocycles. The Morgan fingerprint density at radius 2 is 0.835 bits per heavy atom. The number of rotatable bonds is 8. The van der Waals surface area contributed by atoms with E-state index < -0.39 is 16.8 Å². The number of carbonyl (C=O) groups is 3. The zero-order chi connectivity index (χ0) is 70.2. The number of aliphatic hydroxyl groups is 3. The van der Waals surface area contributed by atoms with Gasteiger partial charge in [0.25, 0.3) is 0 Å². The lowest BCUT2D eigenvalue weighted by Crippen LogP contribution is -2.55. The average molecular weight is 1480 g/mol. The zero-order valence-electron chi connectivity index (χ0n) is 61.4. The highest BCUT2D eigenvalue weighted by Crippen LogP contribution is 2.72. The third-order valence-electron chi connectivity index (χ3n) is 32.3. The van der Waals surface area contributed by atoms with Crippen molar-refractivity contribution in [2.75, 3.05) is 5.33 Å². The second-order valence-corrected chi connectivity index (χ2v) is 38.0. The first-order chi connectivity index (χ1) is 47.6. The van der Waals surface area contributed by atoms with E-state index in [0.717, 1.165) is 147 Å². The predicted molar refractivity (Wildman–Crippen MR) is 409 cm³/mol. The SMILES string of the molecule is C.C.C.C[C@@]1(O)CC[C@@]2(C)[C@@H](CC[C@@H]3[C@@H]2CC[C@]2(C)[C@@H](C(=O)CBr)CC[C@@H]32)C1.C[C@@]1(O)CC[C@@]2(C)[C@@H](CC[C@@H]3[C@@H]2CC[C@]2(C)[C@@H](C(=O)Cn4cc5nccnc5n4)CC[C@@H]32)C1.C[C@@]1(O)CC[C@@]2(C)[C@@H](CC[C@@H]3[C@@H]2CC[C@]2(C)[C@@H](C(=O)Cn4ncc5nccnc54)CC[C@@H]32)C1.c1cnc2[nH]ncc2n1. The lowest BCUT2D eigenvalue weighted by molar-refractivity contribution is -0.151. The third kappa shape index (κ3) is 13.7. The first kappa shape index (κ1) is 77.6. The van der Waals surface area contributed by atoms with Gasteiger partial charge in [-0.15, -0.1) is 0 Å². The minimum absolute atomic E-state index is 0. The van der Waals surface area contributed by atoms with Crippen LogP contribution in [0, 0.1) is 121 Å². The van der Waals surface area contributed by atoms with Crippen LogP contribution in [-0.4, -0.2) is 114 Å². The highest BCUT2D eigenvalue weighted by molar-refractivity contribution is 9.09. The third-order valence-corrected chi connectivity index (χ3v) is 32.9. The Bertz CT molecular complexity index is 3930. The van der Waals surface area contributed by atoms with Crippen molar-refractivity contribution in [1.29, 1.82) is 0 Å². The maximum absolute atomic E-state index is 13.6. The fourth-order valence-corrected chi connectivity index (χ4v) is 27.4. The fourth-order valence-electron chi connectivity index (χ4n) is 27.0. The van der Waals surface area contributed by atoms with Crippen LogP contribution in [0.2, 0.25) is 0 Å². The number of ketones is 3. The van der Waals surface area contributed by atoms with Crippen molar-refractivity contribution in [2.45, 2.75) is 288 Å². The molecule has 12 aliphatic rings. The molecule has 12 fully saturated rings. The van der Waals surface area contributed by atoms with Crippen LogP contribution in [0.15, 0.2) is 55.8 Å². The largest absolute Gasteiger partial charge is 0.390 e. The van der Waals surface area contributed by atoms with E-state index in [2.05, 4.69) is 108 Å². The number of hydrogen-bond acceptors (Lipinski definition) is 15. The molecule has 18 nitrogen and oxygen atoms in total. The second-order valence-electron chi connectivity index (χ2n) is 37.4. The van der Waals surface area contributed by atoms with Crippen LogP contribution in [0.1, 0.15) is 258 Å². The maximum Gasteiger partial charge on any atom is 0.199 e. The summed E-state index contributed by atoms with van der Waals surface area (Å²) in [5.41, 5.74) is 4.56. The molecule has 0 unspecified atom stereocenters. The number of Topliss-reactive ketones (excluding diaryl/α,β-unsaturated/α-hetero) is 3. The van der Waals surface area contributed by atoms with E-state index in [1.807, 2.05) is 27.0 Å². The van der Waals surface area contributed by atoms with E-state index in [1.165, 1.54) is 89.9 Å². The zero-order valence-corrected chi connectivity index (χ0v) is 63.0. The van der Waals surface area contributed by atoms with Crippen LogP contribution in [0.4, 0.5) is 0 Å². The molecule has 6 aromatic rings. The highest BCUT2D eigenvalue weighted by Gasteiger charge is 2.65. The van der Waals surface area contributed by atoms with Gasteiger partial charge in [-0.25, -0.2) is 34.6 Å². The number of H-pyrrole nitrogens is 1. The molecule has 0 radical (unpaired) electrons. The van der Waals surface area contributed by atoms with E-state index in [0.29, 0.717) is 92.9 Å². The predicted octanol–water partition coefficient (Wildman–Crippen LogP) is 17.2. The summed E-state index contributed by atoms with van der Waals surface area (Å²) in [5.74, 6) is 10.3. The summed E-state index contributed by atoms with van der Waals surface area (Å²) in [7, 11) is 0. The molecule has 103 heavy (non-hydrogen) atoms. The number of aromatic amines is 1. The van der Waals surface area contributed by atoms with Gasteiger partial charge in [-0.2, -0.15) is 15.3 Å². The van der Waals surface area contributed by atoms with Crippen molar-refractivity contribution in [3.8, 4) is 0 Å². The molecule has 0 spiro atoms. The molecule has 0 aliphatic heterocycles. The van der Waals surface area contributed by atoms with Gasteiger partial charge in [0.15, 0.2) is 28.5 Å². The number of fused-ring (bicyclic) bond motifs is 18. The number of aromatic nitrogens is 12. The second kappa shape index (κ2) is 28.9. The standard InChI is InChI=1S/2C27H38N4O2.C22H35BrO2.C5H4N4.3CH4/c1-25(33)10-11-26(2)17(14-25)4-5-18-19-6-7-21(27(19,3)9-8-20(18)26)23(32)16-31-15-22-24(30-31)29-13-12-28-22;1-25(33)10-11-26(2)17(14-25)4-5-18-19-6-7-21(27(19,3)9-8-20(18)26)23(32)16-31-24-22(15-30-31)28-12-13-29-24;1-20(25)10-11-21(2)14(12-20)4-5-15-16-6-7-18(19(24)13-23)22(16,3)9-8-17(15)21;1-2-7-5-4(6-1)3-8-9-5;;;/h2*12-13,15,17-21,33H,4-11,14,16H2,1-3H3;14-18,25H,4-13H2,1-3H3;1-3H,(H,7,8,9);3*1H4/t2*17-,18-,19-,20-,21+,25+,26-,27-;14-,15-,16-,17-,18+,20+,21-,22-;;;;/m000..../s1. The molecule has 12 saturated carbocycles. The van der Waals surface area contributed by atoms with Gasteiger partial charge in [0.2, 0.25) is 0 Å². The van der Waals surface area contributed by atoms with E-state index in [4.69, 9.17) is 0 Å². The summed E-state index contributed by atoms with van der Waals surface area (Å²) in [6.07, 6.45) is 46.2. The average Bonchev–Trinajstić information content (AvgIpc) is 1.72. The number of halogens is 1. The van der Waals surface area contributed by atoms with Gasteiger partial charge in [-0.1, -0.05) is 79.8 Å². The normalized spacial score (nSPS) is 43.0. The van der Waals surface area contributed by atoms with Crippen LogP contribution in [0.25, 0.3) is 33.5 Å². The van der Waals surface area contributed by atoms with Crippen molar-refractivity contribution < 1.29 is 29.7 Å². The molecule has 12 aliphatic carbocycles. The monoisotopic (exact) mass is 1480 g/mol. The van der Waals surface area contributed by atoms with Gasteiger partial charge >= 0.3 is 0 Å². The fraction of sp³-hybridized carbons (Fsp3) is 0.786. The summed E-state index contributed by atoms with van der Waals surface area (Å²) < 4.78 is 3.49. The summed E-state index contributed by atoms with van der Waals surface area (Å²) in [4.78, 5) is 64.9. The van der Waals surface area contributed by atoms with Gasteiger partial charge in [-0.3, -0.25) is 24.2 Å². The molecule has 4 N–H and O–H groups in total. The van der Waals surface area contributed by atoms with Crippen molar-refractivity contribution in [2.24, 2.45) is 121 Å². The van der Waals surface area contributed by atoms with Crippen LogP contribution in [0.3, 0.4) is 0 Å². The Kier molecular flexibility index (Phi) is 21.8. The van der Waals surface area contributed by atoms with E-state index >= 15 is 0 Å². The summed E-state index contributed by atoms with van der Waals surface area (Å²) >= 11 is 3.43. The van der Waals surface area contributed by atoms with Gasteiger partial charge < -0.3 is 15.3 Å². The lowest BCUT2D eigenvalue weighted by atomic mass is 9.44. The number of nitrogens with one attached hydrogen (secondary N) is 1. The molecular weight excluding hydrogens is 1350 g/mol. The Hall–Kier alpha value is -4.98. The Morgan fingerprint density at radius 3 is 1.28 bits per heavy atom. The molecule has 0 bridgehead atoms. The number of hydrogen-bond donors (Lipinski definition) is 4. The van der Waals surface area contributed by atoms with E-state index in [9.17, 15) is 29.7 Å². The molecule has 18 rings (SSSR count). The number of alkyl halides is 1. The first-order valence-corrected chi connectivity index (χ1v) is 40.4. The maximum atomic E-state index is 13.6. The molecule has 19 heteroatoms. The topological polar surface area (TPSA) is 254 Å². The lowest BCUT2D eigenvalue weighted by Gasteiger charge is -2.61. The Balaban J connectivity index is 0.000000136. The molecular formula is C84H127BrN12O6. The Morgan fingerprint density at radius 1 is 0.437 bits per heavy atom. The summed E-state index contributed by atoms with van der Waals surface area (Å²) in [5, 5.41) is 47.9. The van der Waals surface area contributed by atoms with E-state index in [-0.39, 0.29) is 56.3 Å². The van der Waals surface area contributed by atoms with Crippen LogP contribution >= 0.6 is 15.9 Å². The molecule has 6 heterocycles. The van der Waals surface area contributed by atoms with Crippen LogP contribution < -0.4 is 0 Å². The summed E-state index contributed by atoms with van der Waals surface area (Å²) in [6, 6.07) is 0. The minimum atomic E-state index is -0.480. The van der Waals surface area contributed by atoms with Gasteiger partial charge in [-0.05, 0) is 298 Å². The number of nitrogens with zero attached hydrogens (tertiary/aromatic N) is 11. The Labute approximate surface area is 622 Å². The quantitative estimate of drug-likeness (QED) is 0.103. The molecule has 0 amide bonds. The molecule has 6 aromatic heterocycles.